The van der Waals surface area contributed by atoms with Gasteiger partial charge in [0.2, 0.25) is 5.91 Å². The largest absolute Gasteiger partial charge is 0.386 e. The van der Waals surface area contributed by atoms with Gasteiger partial charge in [0.1, 0.15) is 18.2 Å². The summed E-state index contributed by atoms with van der Waals surface area (Å²) in [6.07, 6.45) is -2.41. The molecule has 0 bridgehead atoms. The zero-order valence-corrected chi connectivity index (χ0v) is 17.5. The quantitative estimate of drug-likeness (QED) is 0.368. The number of hydrogen-bond acceptors (Lipinski definition) is 6. The molecule has 3 rings (SSSR count). The van der Waals surface area contributed by atoms with Crippen LogP contribution in [0.15, 0.2) is 84.9 Å². The number of aliphatic hydroxyl groups is 2. The number of rotatable bonds is 8. The van der Waals surface area contributed by atoms with Crippen molar-refractivity contribution in [3.8, 4) is 0 Å². The van der Waals surface area contributed by atoms with Gasteiger partial charge in [-0.15, -0.1) is 0 Å². The number of aliphatic hydroxyl groups excluding tert-OH is 2. The van der Waals surface area contributed by atoms with E-state index >= 15 is 0 Å². The van der Waals surface area contributed by atoms with E-state index in [1.54, 1.807) is 36.4 Å². The van der Waals surface area contributed by atoms with Crippen LogP contribution in [-0.2, 0) is 4.79 Å². The van der Waals surface area contributed by atoms with Gasteiger partial charge < -0.3 is 20.8 Å². The maximum absolute atomic E-state index is 13.2. The van der Waals surface area contributed by atoms with Crippen LogP contribution in [0.5, 0.6) is 0 Å². The molecule has 0 aliphatic rings. The van der Waals surface area contributed by atoms with E-state index in [1.807, 2.05) is 24.3 Å². The summed E-state index contributed by atoms with van der Waals surface area (Å²) >= 11 is 0. The van der Waals surface area contributed by atoms with E-state index < -0.39 is 35.1 Å². The van der Waals surface area contributed by atoms with Crippen molar-refractivity contribution in [3.63, 3.8) is 0 Å². The molecule has 0 aliphatic heterocycles. The van der Waals surface area contributed by atoms with Crippen LogP contribution in [0.25, 0.3) is 0 Å². The first-order chi connectivity index (χ1) is 15.3. The molecule has 166 valence electrons. The summed E-state index contributed by atoms with van der Waals surface area (Å²) in [7, 11) is 1.52. The Morgan fingerprint density at radius 1 is 0.844 bits per heavy atom. The van der Waals surface area contributed by atoms with E-state index in [2.05, 4.69) is 0 Å². The predicted molar refractivity (Wildman–Crippen MR) is 119 cm³/mol. The molecule has 0 heterocycles. The van der Waals surface area contributed by atoms with E-state index in [-0.39, 0.29) is 11.3 Å². The Hall–Kier alpha value is -3.59. The molecule has 0 unspecified atom stereocenters. The zero-order valence-electron chi connectivity index (χ0n) is 17.5. The van der Waals surface area contributed by atoms with Gasteiger partial charge in [-0.1, -0.05) is 60.7 Å². The first kappa shape index (κ1) is 23.1. The molecule has 32 heavy (non-hydrogen) atoms. The molecule has 4 atom stereocenters. The molecule has 0 radical (unpaired) electrons. The number of non-ortho nitro benzene ring substituents is 1. The van der Waals surface area contributed by atoms with Crippen molar-refractivity contribution in [3.05, 3.63) is 112 Å². The first-order valence-electron chi connectivity index (χ1n) is 10.0. The molecule has 3 aromatic rings. The number of nitrogens with zero attached hydrogens (tertiary/aromatic N) is 2. The summed E-state index contributed by atoms with van der Waals surface area (Å²) in [5.74, 6) is -0.584. The highest BCUT2D eigenvalue weighted by atomic mass is 16.6. The number of amides is 1. The molecule has 0 saturated heterocycles. The molecule has 0 fully saturated rings. The number of nitro groups is 1. The third-order valence-electron chi connectivity index (χ3n) is 5.42. The second-order valence-electron chi connectivity index (χ2n) is 7.48. The molecular formula is C24H25N3O5. The van der Waals surface area contributed by atoms with Gasteiger partial charge in [-0.3, -0.25) is 14.9 Å². The van der Waals surface area contributed by atoms with Crippen LogP contribution < -0.4 is 5.73 Å². The lowest BCUT2D eigenvalue weighted by Crippen LogP contribution is -2.47. The van der Waals surface area contributed by atoms with Crippen LogP contribution >= 0.6 is 0 Å². The lowest BCUT2D eigenvalue weighted by molar-refractivity contribution is -0.384. The number of carbonyl (C=O) groups excluding carboxylic acids is 1. The summed E-state index contributed by atoms with van der Waals surface area (Å²) in [4.78, 5) is 24.8. The maximum Gasteiger partial charge on any atom is 0.269 e. The van der Waals surface area contributed by atoms with Gasteiger partial charge in [-0.05, 0) is 28.8 Å². The maximum atomic E-state index is 13.2. The summed E-state index contributed by atoms with van der Waals surface area (Å²) < 4.78 is 0. The first-order valence-corrected chi connectivity index (χ1v) is 10.0. The van der Waals surface area contributed by atoms with Gasteiger partial charge >= 0.3 is 0 Å². The van der Waals surface area contributed by atoms with Gasteiger partial charge in [-0.2, -0.15) is 0 Å². The fraction of sp³-hybridized carbons (Fsp3) is 0.208. The lowest BCUT2D eigenvalue weighted by Gasteiger charge is -2.35. The summed E-state index contributed by atoms with van der Waals surface area (Å²) in [5.41, 5.74) is 7.58. The highest BCUT2D eigenvalue weighted by Crippen LogP contribution is 2.34. The van der Waals surface area contributed by atoms with E-state index in [9.17, 15) is 25.1 Å². The normalized spacial score (nSPS) is 14.8. The highest BCUT2D eigenvalue weighted by molar-refractivity contribution is 5.83. The monoisotopic (exact) mass is 435 g/mol. The van der Waals surface area contributed by atoms with E-state index in [0.717, 1.165) is 0 Å². The van der Waals surface area contributed by atoms with Crippen molar-refractivity contribution in [1.82, 2.24) is 4.90 Å². The minimum Gasteiger partial charge on any atom is -0.386 e. The molecule has 3 aromatic carbocycles. The third-order valence-corrected chi connectivity index (χ3v) is 5.42. The van der Waals surface area contributed by atoms with E-state index in [1.165, 1.54) is 36.2 Å². The van der Waals surface area contributed by atoms with E-state index in [4.69, 9.17) is 5.73 Å². The molecule has 0 aromatic heterocycles. The Kier molecular flexibility index (Phi) is 7.32. The molecule has 0 spiro atoms. The smallest absolute Gasteiger partial charge is 0.269 e. The Labute approximate surface area is 185 Å². The van der Waals surface area contributed by atoms with Gasteiger partial charge in [-0.25, -0.2) is 0 Å². The number of likely N-dealkylation sites (N-methyl/N-ethyl adjacent to an activating group) is 1. The number of nitro benzene ring substituents is 1. The predicted octanol–water partition coefficient (Wildman–Crippen LogP) is 2.89. The Morgan fingerprint density at radius 2 is 1.31 bits per heavy atom. The van der Waals surface area contributed by atoms with Crippen molar-refractivity contribution in [2.24, 2.45) is 5.73 Å². The lowest BCUT2D eigenvalue weighted by atomic mass is 9.93. The summed E-state index contributed by atoms with van der Waals surface area (Å²) in [6.45, 7) is 0. The molecule has 4 N–H and O–H groups in total. The molecule has 8 heteroatoms. The number of hydrogen-bond donors (Lipinski definition) is 3. The van der Waals surface area contributed by atoms with Crippen molar-refractivity contribution < 1.29 is 19.9 Å². The number of nitrogens with two attached hydrogens (primary N) is 1. The van der Waals surface area contributed by atoms with Crippen LogP contribution in [0.1, 0.15) is 34.9 Å². The van der Waals surface area contributed by atoms with Crippen LogP contribution in [0.2, 0.25) is 0 Å². The number of benzene rings is 3. The standard InChI is InChI=1S/C24H25N3O5/c1-26(24(30)20(25)22(28)18-12-14-19(15-13-18)27(31)32)21(16-8-4-2-5-9-16)23(29)17-10-6-3-7-11-17/h2-15,20-23,28-29H,25H2,1H3/t20-,21+,22+,23+/m0/s1. The van der Waals surface area contributed by atoms with Crippen molar-refractivity contribution in [2.45, 2.75) is 24.3 Å². The Balaban J connectivity index is 1.87. The molecule has 1 amide bonds. The van der Waals surface area contributed by atoms with Crippen molar-refractivity contribution in [2.75, 3.05) is 7.05 Å². The SMILES string of the molecule is CN(C(=O)[C@@H](N)[C@H](O)c1ccc([N+](=O)[O-])cc1)[C@H](c1ccccc1)[C@H](O)c1ccccc1. The van der Waals surface area contributed by atoms with Gasteiger partial charge in [0.25, 0.3) is 5.69 Å². The average Bonchev–Trinajstić information content (AvgIpc) is 2.83. The summed E-state index contributed by atoms with van der Waals surface area (Å²) in [6, 6.07) is 21.2. The topological polar surface area (TPSA) is 130 Å². The third kappa shape index (κ3) is 5.00. The van der Waals surface area contributed by atoms with Crippen LogP contribution in [0, 0.1) is 10.1 Å². The second kappa shape index (κ2) is 10.1. The average molecular weight is 435 g/mol. The van der Waals surface area contributed by atoms with Crippen LogP contribution in [0.4, 0.5) is 5.69 Å². The van der Waals surface area contributed by atoms with Crippen LogP contribution in [0.3, 0.4) is 0 Å². The fourth-order valence-corrected chi connectivity index (χ4v) is 3.61. The zero-order chi connectivity index (χ0) is 23.3. The van der Waals surface area contributed by atoms with Gasteiger partial charge in [0.15, 0.2) is 0 Å². The van der Waals surface area contributed by atoms with Crippen LogP contribution in [-0.4, -0.2) is 39.0 Å². The van der Waals surface area contributed by atoms with Crippen molar-refractivity contribution in [1.29, 1.82) is 0 Å². The van der Waals surface area contributed by atoms with Gasteiger partial charge in [0, 0.05) is 19.2 Å². The van der Waals surface area contributed by atoms with E-state index in [0.29, 0.717) is 11.1 Å². The Bertz CT molecular complexity index is 1040. The minimum atomic E-state index is -1.38. The molecule has 0 saturated carbocycles. The fourth-order valence-electron chi connectivity index (χ4n) is 3.61. The molecular weight excluding hydrogens is 410 g/mol. The van der Waals surface area contributed by atoms with Gasteiger partial charge in [0.05, 0.1) is 11.0 Å². The number of carbonyl (C=O) groups is 1. The van der Waals surface area contributed by atoms with Crippen molar-refractivity contribution >= 4 is 11.6 Å². The Morgan fingerprint density at radius 3 is 1.81 bits per heavy atom. The highest BCUT2D eigenvalue weighted by Gasteiger charge is 2.34. The second-order valence-corrected chi connectivity index (χ2v) is 7.48. The minimum absolute atomic E-state index is 0.131. The molecule has 8 nitrogen and oxygen atoms in total. The summed E-state index contributed by atoms with van der Waals surface area (Å²) in [5, 5.41) is 32.6. The molecule has 0 aliphatic carbocycles.